The summed E-state index contributed by atoms with van der Waals surface area (Å²) in [5, 5.41) is 2.39. The quantitative estimate of drug-likeness (QED) is 0.344. The molecule has 2 aromatic heterocycles. The number of aromatic nitrogens is 2. The molecule has 0 saturated carbocycles. The Balaban J connectivity index is 1.77. The molecule has 0 unspecified atom stereocenters. The van der Waals surface area contributed by atoms with Crippen molar-refractivity contribution in [1.29, 1.82) is 0 Å². The Morgan fingerprint density at radius 3 is 2.00 bits per heavy atom. The lowest BCUT2D eigenvalue weighted by molar-refractivity contribution is 0.546. The van der Waals surface area contributed by atoms with Crippen molar-refractivity contribution in [1.82, 2.24) is 9.97 Å². The third kappa shape index (κ3) is 2.29. The number of hydrogen-bond donors (Lipinski definition) is 2. The van der Waals surface area contributed by atoms with E-state index in [1.165, 1.54) is 21.9 Å². The van der Waals surface area contributed by atoms with Crippen LogP contribution in [0.5, 0.6) is 0 Å². The molecule has 1 aliphatic rings. The molecule has 0 aliphatic carbocycles. The molecule has 5 aromatic rings. The van der Waals surface area contributed by atoms with Gasteiger partial charge in [0.1, 0.15) is 5.82 Å². The Hall–Kier alpha value is -2.98. The van der Waals surface area contributed by atoms with E-state index in [2.05, 4.69) is 64.8 Å². The average Bonchev–Trinajstić information content (AvgIpc) is 3.39. The van der Waals surface area contributed by atoms with Crippen molar-refractivity contribution in [3.05, 3.63) is 102 Å². The van der Waals surface area contributed by atoms with Crippen LogP contribution in [-0.4, -0.2) is 15.7 Å². The van der Waals surface area contributed by atoms with Crippen molar-refractivity contribution in [2.45, 2.75) is 16.7 Å². The molecule has 0 fully saturated rings. The highest BCUT2D eigenvalue weighted by molar-refractivity contribution is 7.99. The summed E-state index contributed by atoms with van der Waals surface area (Å²) in [4.78, 5) is 7.68. The van der Waals surface area contributed by atoms with Crippen LogP contribution >= 0.6 is 11.8 Å². The van der Waals surface area contributed by atoms with Crippen LogP contribution in [0.3, 0.4) is 0 Å². The number of H-pyrrole nitrogens is 2. The monoisotopic (exact) mass is 398 g/mol. The van der Waals surface area contributed by atoms with Gasteiger partial charge >= 0.3 is 0 Å². The number of thioether (sulfide) groups is 1. The first-order chi connectivity index (χ1) is 14.3. The van der Waals surface area contributed by atoms with E-state index in [0.717, 1.165) is 33.7 Å². The van der Waals surface area contributed by atoms with E-state index in [1.807, 2.05) is 18.2 Å². The number of para-hydroxylation sites is 2. The first-order valence-electron chi connectivity index (χ1n) is 9.84. The number of halogens is 1. The predicted octanol–water partition coefficient (Wildman–Crippen LogP) is 6.62. The van der Waals surface area contributed by atoms with Gasteiger partial charge in [-0.05, 0) is 47.1 Å². The second-order valence-corrected chi connectivity index (χ2v) is 8.72. The van der Waals surface area contributed by atoms with Crippen LogP contribution < -0.4 is 0 Å². The third-order valence-corrected chi connectivity index (χ3v) is 7.36. The molecule has 142 valence electrons. The van der Waals surface area contributed by atoms with Gasteiger partial charge in [-0.2, -0.15) is 0 Å². The maximum atomic E-state index is 14.9. The average molecular weight is 399 g/mol. The van der Waals surface area contributed by atoms with Gasteiger partial charge in [-0.15, -0.1) is 11.8 Å². The topological polar surface area (TPSA) is 31.6 Å². The SMILES string of the molecule is Fc1cccc2c1SCCC2(c1c[nH]c2ccccc12)c1c[nH]c2ccccc12. The summed E-state index contributed by atoms with van der Waals surface area (Å²) >= 11 is 1.63. The first kappa shape index (κ1) is 16.9. The van der Waals surface area contributed by atoms with Crippen molar-refractivity contribution in [2.24, 2.45) is 0 Å². The van der Waals surface area contributed by atoms with Crippen molar-refractivity contribution >= 4 is 33.6 Å². The van der Waals surface area contributed by atoms with Crippen molar-refractivity contribution in [3.63, 3.8) is 0 Å². The molecule has 0 amide bonds. The van der Waals surface area contributed by atoms with E-state index in [0.29, 0.717) is 0 Å². The fourth-order valence-corrected chi connectivity index (χ4v) is 6.20. The van der Waals surface area contributed by atoms with Gasteiger partial charge in [0.05, 0.1) is 5.41 Å². The van der Waals surface area contributed by atoms with Crippen molar-refractivity contribution in [3.8, 4) is 0 Å². The van der Waals surface area contributed by atoms with Gasteiger partial charge in [0.2, 0.25) is 0 Å². The zero-order chi connectivity index (χ0) is 19.4. The van der Waals surface area contributed by atoms with E-state index < -0.39 is 5.41 Å². The van der Waals surface area contributed by atoms with Gasteiger partial charge in [-0.25, -0.2) is 4.39 Å². The summed E-state index contributed by atoms with van der Waals surface area (Å²) in [5.74, 6) is 0.740. The van der Waals surface area contributed by atoms with E-state index in [9.17, 15) is 4.39 Å². The van der Waals surface area contributed by atoms with E-state index in [4.69, 9.17) is 0 Å². The first-order valence-corrected chi connectivity index (χ1v) is 10.8. The smallest absolute Gasteiger partial charge is 0.137 e. The maximum absolute atomic E-state index is 14.9. The molecular formula is C25H19FN2S. The zero-order valence-electron chi connectivity index (χ0n) is 15.7. The number of nitrogens with one attached hydrogen (secondary N) is 2. The van der Waals surface area contributed by atoms with Crippen LogP contribution in [0.25, 0.3) is 21.8 Å². The molecule has 2 nitrogen and oxygen atoms in total. The van der Waals surface area contributed by atoms with Gasteiger partial charge in [-0.3, -0.25) is 0 Å². The molecule has 4 heteroatoms. The lowest BCUT2D eigenvalue weighted by atomic mass is 9.67. The van der Waals surface area contributed by atoms with Crippen LogP contribution in [0.2, 0.25) is 0 Å². The summed E-state index contributed by atoms with van der Waals surface area (Å²) in [6.07, 6.45) is 5.16. The minimum atomic E-state index is -0.415. The summed E-state index contributed by atoms with van der Waals surface area (Å²) in [5.41, 5.74) is 5.29. The van der Waals surface area contributed by atoms with E-state index in [1.54, 1.807) is 17.8 Å². The molecule has 6 rings (SSSR count). The predicted molar refractivity (Wildman–Crippen MR) is 118 cm³/mol. The summed E-state index contributed by atoms with van der Waals surface area (Å²) in [7, 11) is 0. The Kier molecular flexibility index (Phi) is 3.65. The number of aromatic amines is 2. The molecule has 0 atom stereocenters. The Labute approximate surface area is 172 Å². The van der Waals surface area contributed by atoms with Gasteiger partial charge in [-0.1, -0.05) is 48.5 Å². The van der Waals surface area contributed by atoms with Gasteiger partial charge in [0.15, 0.2) is 0 Å². The van der Waals surface area contributed by atoms with Crippen molar-refractivity contribution < 1.29 is 4.39 Å². The van der Waals surface area contributed by atoms with Gasteiger partial charge in [0, 0.05) is 39.1 Å². The number of hydrogen-bond acceptors (Lipinski definition) is 1. The molecular weight excluding hydrogens is 379 g/mol. The van der Waals surface area contributed by atoms with Crippen LogP contribution in [0.1, 0.15) is 23.1 Å². The molecule has 0 bridgehead atoms. The van der Waals surface area contributed by atoms with Crippen LogP contribution in [0.4, 0.5) is 4.39 Å². The largest absolute Gasteiger partial charge is 0.361 e. The minimum Gasteiger partial charge on any atom is -0.361 e. The second kappa shape index (κ2) is 6.26. The van der Waals surface area contributed by atoms with Gasteiger partial charge in [0.25, 0.3) is 0 Å². The lowest BCUT2D eigenvalue weighted by Crippen LogP contribution is -2.33. The highest BCUT2D eigenvalue weighted by Crippen LogP contribution is 2.53. The molecule has 2 N–H and O–H groups in total. The van der Waals surface area contributed by atoms with Gasteiger partial charge < -0.3 is 9.97 Å². The Bertz CT molecular complexity index is 1290. The second-order valence-electron chi connectivity index (χ2n) is 7.62. The normalized spacial score (nSPS) is 15.6. The number of benzene rings is 3. The standard InChI is InChI=1S/C25H19FN2S/c26-21-9-5-8-18-24(21)29-13-12-25(18,19-14-27-22-10-3-1-6-16(19)22)20-15-28-23-11-4-2-7-17(20)23/h1-11,14-15,27-28H,12-13H2. The third-order valence-electron chi connectivity index (χ3n) is 6.25. The molecule has 1 aliphatic heterocycles. The Morgan fingerprint density at radius 2 is 1.34 bits per heavy atom. The molecule has 0 spiro atoms. The minimum absolute atomic E-state index is 0.128. The van der Waals surface area contributed by atoms with Crippen LogP contribution in [0.15, 0.2) is 84.0 Å². The zero-order valence-corrected chi connectivity index (χ0v) is 16.5. The Morgan fingerprint density at radius 1 is 0.724 bits per heavy atom. The highest BCUT2D eigenvalue weighted by Gasteiger charge is 2.44. The summed E-state index contributed by atoms with van der Waals surface area (Å²) < 4.78 is 14.9. The number of fused-ring (bicyclic) bond motifs is 3. The molecule has 3 aromatic carbocycles. The maximum Gasteiger partial charge on any atom is 0.137 e. The summed E-state index contributed by atoms with van der Waals surface area (Å²) in [6, 6.07) is 22.3. The molecule has 0 radical (unpaired) electrons. The highest BCUT2D eigenvalue weighted by atomic mass is 32.2. The molecule has 0 saturated heterocycles. The fourth-order valence-electron chi connectivity index (χ4n) is 4.99. The van der Waals surface area contributed by atoms with Crippen molar-refractivity contribution in [2.75, 3.05) is 5.75 Å². The lowest BCUT2D eigenvalue weighted by Gasteiger charge is -2.39. The fraction of sp³-hybridized carbons (Fsp3) is 0.120. The van der Waals surface area contributed by atoms with Crippen LogP contribution in [0, 0.1) is 5.82 Å². The number of rotatable bonds is 2. The van der Waals surface area contributed by atoms with Crippen LogP contribution in [-0.2, 0) is 5.41 Å². The van der Waals surface area contributed by atoms with E-state index >= 15 is 0 Å². The molecule has 3 heterocycles. The van der Waals surface area contributed by atoms with E-state index in [-0.39, 0.29) is 5.82 Å². The summed E-state index contributed by atoms with van der Waals surface area (Å²) in [6.45, 7) is 0. The molecule has 29 heavy (non-hydrogen) atoms.